The van der Waals surface area contributed by atoms with Crippen LogP contribution in [0.4, 0.5) is 15.0 Å². The minimum absolute atomic E-state index is 0.0176. The van der Waals surface area contributed by atoms with Crippen LogP contribution in [0.3, 0.4) is 0 Å². The van der Waals surface area contributed by atoms with E-state index in [0.29, 0.717) is 48.1 Å². The molecule has 1 aromatic heterocycles. The number of nitrogens with zero attached hydrogens (tertiary/aromatic N) is 2. The van der Waals surface area contributed by atoms with E-state index < -0.39 is 5.82 Å². The molecule has 4 rings (SSSR count). The summed E-state index contributed by atoms with van der Waals surface area (Å²) in [5, 5.41) is 2.73. The van der Waals surface area contributed by atoms with Crippen molar-refractivity contribution in [1.82, 2.24) is 9.88 Å². The van der Waals surface area contributed by atoms with Crippen LogP contribution in [-0.2, 0) is 24.2 Å². The molecule has 0 atom stereocenters. The van der Waals surface area contributed by atoms with Crippen LogP contribution in [0.25, 0.3) is 0 Å². The normalized spacial score (nSPS) is 13.0. The molecule has 0 aliphatic carbocycles. The maximum absolute atomic E-state index is 14.8. The molecule has 2 aromatic carbocycles. The minimum Gasteiger partial charge on any atom is -0.454 e. The summed E-state index contributed by atoms with van der Waals surface area (Å²) in [6, 6.07) is 14.0. The topological polar surface area (TPSA) is 71.5 Å². The second-order valence-electron chi connectivity index (χ2n) is 8.74. The summed E-state index contributed by atoms with van der Waals surface area (Å²) in [4.78, 5) is 30.4. The Morgan fingerprint density at radius 1 is 1.09 bits per heavy atom. The first-order valence-electron chi connectivity index (χ1n) is 11.4. The van der Waals surface area contributed by atoms with Crippen LogP contribution in [0.2, 0.25) is 0 Å². The highest BCUT2D eigenvalue weighted by Crippen LogP contribution is 2.34. The number of hydrogen-bond acceptors (Lipinski definition) is 4. The average molecular weight is 462 g/mol. The minimum atomic E-state index is -0.552. The van der Waals surface area contributed by atoms with Gasteiger partial charge >= 0.3 is 6.03 Å². The molecule has 0 saturated heterocycles. The molecular formula is C27H28FN3O3. The number of fused-ring (bicyclic) bond motifs is 1. The predicted octanol–water partition coefficient (Wildman–Crippen LogP) is 5.86. The van der Waals surface area contributed by atoms with Crippen LogP contribution < -0.4 is 10.1 Å². The number of carbonyl (C=O) groups excluding carboxylic acids is 2. The van der Waals surface area contributed by atoms with Crippen molar-refractivity contribution in [3.05, 3.63) is 82.8 Å². The molecule has 1 aliphatic rings. The number of ketones is 1. The number of hydrogen-bond donors (Lipinski definition) is 1. The van der Waals surface area contributed by atoms with Gasteiger partial charge in [0, 0.05) is 25.6 Å². The maximum Gasteiger partial charge on any atom is 0.323 e. The van der Waals surface area contributed by atoms with Gasteiger partial charge in [0.2, 0.25) is 0 Å². The van der Waals surface area contributed by atoms with E-state index in [4.69, 9.17) is 4.74 Å². The lowest BCUT2D eigenvalue weighted by molar-refractivity contribution is -0.117. The highest BCUT2D eigenvalue weighted by Gasteiger charge is 2.25. The zero-order valence-electron chi connectivity index (χ0n) is 19.6. The van der Waals surface area contributed by atoms with E-state index in [-0.39, 0.29) is 24.0 Å². The number of anilines is 1. The molecule has 0 saturated carbocycles. The summed E-state index contributed by atoms with van der Waals surface area (Å²) >= 11 is 0. The summed E-state index contributed by atoms with van der Waals surface area (Å²) in [6.07, 6.45) is 1.96. The third-order valence-electron chi connectivity index (χ3n) is 5.92. The second-order valence-corrected chi connectivity index (χ2v) is 8.74. The van der Waals surface area contributed by atoms with E-state index in [2.05, 4.69) is 24.1 Å². The van der Waals surface area contributed by atoms with Crippen LogP contribution >= 0.6 is 0 Å². The Kier molecular flexibility index (Phi) is 6.91. The lowest BCUT2D eigenvalue weighted by Gasteiger charge is -2.28. The summed E-state index contributed by atoms with van der Waals surface area (Å²) in [5.41, 5.74) is 3.46. The number of benzene rings is 2. The van der Waals surface area contributed by atoms with Crippen molar-refractivity contribution in [1.29, 1.82) is 0 Å². The van der Waals surface area contributed by atoms with Crippen LogP contribution in [0.5, 0.6) is 11.5 Å². The fraction of sp³-hybridized carbons (Fsp3) is 0.296. The molecule has 2 heterocycles. The standard InChI is InChI=1S/C27H28FN3O3/c1-4-31-16-22-24(11-12-29-26(22)30-27(31)33)34-25-10-7-19(15-23(25)28)14-21(32)13-18-5-8-20(9-6-18)17(2)3/h5-12,15,17H,4,13-14,16H2,1-3H3,(H,29,30,33). The lowest BCUT2D eigenvalue weighted by atomic mass is 9.98. The third-order valence-corrected chi connectivity index (χ3v) is 5.92. The Morgan fingerprint density at radius 2 is 1.79 bits per heavy atom. The number of Topliss-reactive ketones (excluding diaryl/α,β-unsaturated/α-hetero) is 1. The first-order valence-corrected chi connectivity index (χ1v) is 11.4. The van der Waals surface area contributed by atoms with E-state index in [1.807, 2.05) is 31.2 Å². The Bertz CT molecular complexity index is 1210. The van der Waals surface area contributed by atoms with Crippen molar-refractivity contribution >= 4 is 17.6 Å². The van der Waals surface area contributed by atoms with Crippen LogP contribution in [0, 0.1) is 5.82 Å². The van der Waals surface area contributed by atoms with E-state index in [9.17, 15) is 14.0 Å². The summed E-state index contributed by atoms with van der Waals surface area (Å²) in [5.74, 6) is 0.796. The Labute approximate surface area is 198 Å². The van der Waals surface area contributed by atoms with E-state index in [1.165, 1.54) is 23.9 Å². The van der Waals surface area contributed by atoms with E-state index in [0.717, 1.165) is 5.56 Å². The molecule has 6 nitrogen and oxygen atoms in total. The molecule has 0 bridgehead atoms. The van der Waals surface area contributed by atoms with Gasteiger partial charge in [-0.25, -0.2) is 14.2 Å². The number of halogens is 1. The van der Waals surface area contributed by atoms with Gasteiger partial charge in [-0.2, -0.15) is 0 Å². The molecule has 3 aromatic rings. The first-order chi connectivity index (χ1) is 16.3. The fourth-order valence-electron chi connectivity index (χ4n) is 3.92. The van der Waals surface area contributed by atoms with Crippen LogP contribution in [-0.4, -0.2) is 28.2 Å². The first kappa shape index (κ1) is 23.4. The highest BCUT2D eigenvalue weighted by atomic mass is 19.1. The largest absolute Gasteiger partial charge is 0.454 e. The number of ether oxygens (including phenoxy) is 1. The summed E-state index contributed by atoms with van der Waals surface area (Å²) in [6.45, 7) is 6.99. The summed E-state index contributed by atoms with van der Waals surface area (Å²) in [7, 11) is 0. The molecule has 7 heteroatoms. The zero-order chi connectivity index (χ0) is 24.2. The van der Waals surface area contributed by atoms with E-state index in [1.54, 1.807) is 17.0 Å². The Balaban J connectivity index is 1.43. The molecule has 0 fully saturated rings. The smallest absolute Gasteiger partial charge is 0.323 e. The van der Waals surface area contributed by atoms with E-state index >= 15 is 0 Å². The Morgan fingerprint density at radius 3 is 2.47 bits per heavy atom. The van der Waals surface area contributed by atoms with Gasteiger partial charge in [-0.3, -0.25) is 10.1 Å². The van der Waals surface area contributed by atoms with Crippen molar-refractivity contribution in [3.8, 4) is 11.5 Å². The molecule has 0 radical (unpaired) electrons. The molecular weight excluding hydrogens is 433 g/mol. The van der Waals surface area contributed by atoms with Crippen LogP contribution in [0.15, 0.2) is 54.7 Å². The number of nitrogens with one attached hydrogen (secondary N) is 1. The highest BCUT2D eigenvalue weighted by molar-refractivity contribution is 5.91. The van der Waals surface area contributed by atoms with Gasteiger partial charge < -0.3 is 9.64 Å². The van der Waals surface area contributed by atoms with Crippen molar-refractivity contribution in [2.24, 2.45) is 0 Å². The van der Waals surface area contributed by atoms with Gasteiger partial charge in [0.1, 0.15) is 17.4 Å². The maximum atomic E-state index is 14.8. The Hall–Kier alpha value is -3.74. The van der Waals surface area contributed by atoms with Gasteiger partial charge in [-0.15, -0.1) is 0 Å². The van der Waals surface area contributed by atoms with Gasteiger partial charge in [-0.05, 0) is 47.7 Å². The van der Waals surface area contributed by atoms with Crippen LogP contribution in [0.1, 0.15) is 48.9 Å². The van der Waals surface area contributed by atoms with Crippen molar-refractivity contribution in [3.63, 3.8) is 0 Å². The number of pyridine rings is 1. The molecule has 2 amide bonds. The molecule has 176 valence electrons. The second kappa shape index (κ2) is 10.0. The monoisotopic (exact) mass is 461 g/mol. The molecule has 34 heavy (non-hydrogen) atoms. The SMILES string of the molecule is CCN1Cc2c(Oc3ccc(CC(=O)Cc4ccc(C(C)C)cc4)cc3F)ccnc2NC1=O. The summed E-state index contributed by atoms with van der Waals surface area (Å²) < 4.78 is 20.7. The number of carbonyl (C=O) groups is 2. The van der Waals surface area contributed by atoms with Crippen molar-refractivity contribution in [2.75, 3.05) is 11.9 Å². The third kappa shape index (κ3) is 5.25. The number of aromatic nitrogens is 1. The zero-order valence-corrected chi connectivity index (χ0v) is 19.6. The van der Waals surface area contributed by atoms with Gasteiger partial charge in [0.25, 0.3) is 0 Å². The van der Waals surface area contributed by atoms with Gasteiger partial charge in [0.05, 0.1) is 12.1 Å². The molecule has 0 unspecified atom stereocenters. The number of rotatable bonds is 8. The average Bonchev–Trinajstić information content (AvgIpc) is 2.80. The van der Waals surface area contributed by atoms with Crippen molar-refractivity contribution < 1.29 is 18.7 Å². The van der Waals surface area contributed by atoms with Crippen molar-refractivity contribution in [2.45, 2.75) is 46.1 Å². The molecule has 1 aliphatic heterocycles. The molecule has 0 spiro atoms. The van der Waals surface area contributed by atoms with Gasteiger partial charge in [0.15, 0.2) is 11.6 Å². The number of urea groups is 1. The van der Waals surface area contributed by atoms with Gasteiger partial charge in [-0.1, -0.05) is 44.2 Å². The fourth-order valence-corrected chi connectivity index (χ4v) is 3.92. The predicted molar refractivity (Wildman–Crippen MR) is 129 cm³/mol. The lowest BCUT2D eigenvalue weighted by Crippen LogP contribution is -2.38. The quantitative estimate of drug-likeness (QED) is 0.456. The number of amides is 2. The molecule has 1 N–H and O–H groups in total.